The summed E-state index contributed by atoms with van der Waals surface area (Å²) in [6.45, 7) is 4.17. The van der Waals surface area contributed by atoms with Crippen molar-refractivity contribution in [1.29, 1.82) is 0 Å². The molecule has 2 aromatic heterocycles. The number of ether oxygens (including phenoxy) is 1. The van der Waals surface area contributed by atoms with Gasteiger partial charge in [0.2, 0.25) is 0 Å². The molecule has 0 bridgehead atoms. The summed E-state index contributed by atoms with van der Waals surface area (Å²) >= 11 is 7.71. The van der Waals surface area contributed by atoms with E-state index in [1.54, 1.807) is 18.4 Å². The molecular formula is C15H15ClN2OS. The summed E-state index contributed by atoms with van der Waals surface area (Å²) in [6, 6.07) is 6.23. The van der Waals surface area contributed by atoms with E-state index in [0.29, 0.717) is 5.88 Å². The number of aromatic nitrogens is 2. The van der Waals surface area contributed by atoms with Gasteiger partial charge in [-0.2, -0.15) is 0 Å². The van der Waals surface area contributed by atoms with E-state index in [4.69, 9.17) is 16.3 Å². The Bertz CT molecular complexity index is 776. The second kappa shape index (κ2) is 5.11. The Morgan fingerprint density at radius 3 is 2.80 bits per heavy atom. The summed E-state index contributed by atoms with van der Waals surface area (Å²) in [5, 5.41) is 0. The highest BCUT2D eigenvalue weighted by Crippen LogP contribution is 2.34. The number of imidazole rings is 1. The number of nitrogens with zero attached hydrogens (tertiary/aromatic N) is 2. The molecule has 0 aliphatic carbocycles. The summed E-state index contributed by atoms with van der Waals surface area (Å²) in [6.07, 6.45) is 1.85. The van der Waals surface area contributed by atoms with Gasteiger partial charge in [0.05, 0.1) is 30.6 Å². The predicted octanol–water partition coefficient (Wildman–Crippen LogP) is 4.43. The molecule has 3 rings (SSSR count). The fourth-order valence-corrected chi connectivity index (χ4v) is 3.65. The first-order chi connectivity index (χ1) is 9.65. The minimum atomic E-state index is 0.458. The summed E-state index contributed by atoms with van der Waals surface area (Å²) in [5.74, 6) is 1.36. The van der Waals surface area contributed by atoms with Crippen LogP contribution in [0.4, 0.5) is 0 Å². The van der Waals surface area contributed by atoms with Gasteiger partial charge in [0.25, 0.3) is 0 Å². The van der Waals surface area contributed by atoms with E-state index in [1.165, 1.54) is 10.6 Å². The molecule has 0 saturated heterocycles. The van der Waals surface area contributed by atoms with Crippen LogP contribution in [0.15, 0.2) is 24.4 Å². The van der Waals surface area contributed by atoms with Crippen LogP contribution in [-0.4, -0.2) is 16.5 Å². The topological polar surface area (TPSA) is 26.5 Å². The third-order valence-corrected chi connectivity index (χ3v) is 4.65. The van der Waals surface area contributed by atoms with Gasteiger partial charge >= 0.3 is 0 Å². The number of rotatable bonds is 3. The lowest BCUT2D eigenvalue weighted by molar-refractivity contribution is 0.412. The van der Waals surface area contributed by atoms with Gasteiger partial charge in [0.1, 0.15) is 5.75 Å². The molecule has 0 spiro atoms. The smallest absolute Gasteiger partial charge is 0.194 e. The summed E-state index contributed by atoms with van der Waals surface area (Å²) in [4.78, 5) is 6.65. The maximum atomic E-state index is 6.02. The molecule has 20 heavy (non-hydrogen) atoms. The van der Waals surface area contributed by atoms with Crippen molar-refractivity contribution in [2.24, 2.45) is 0 Å². The van der Waals surface area contributed by atoms with Crippen LogP contribution in [0.1, 0.15) is 16.1 Å². The molecule has 0 saturated carbocycles. The number of alkyl halides is 1. The Morgan fingerprint density at radius 2 is 2.15 bits per heavy atom. The first-order valence-electron chi connectivity index (χ1n) is 6.32. The Hall–Kier alpha value is -1.52. The van der Waals surface area contributed by atoms with Crippen molar-refractivity contribution in [2.75, 3.05) is 7.11 Å². The molecule has 2 heterocycles. The van der Waals surface area contributed by atoms with E-state index in [9.17, 15) is 0 Å². The molecule has 3 aromatic rings. The van der Waals surface area contributed by atoms with Crippen molar-refractivity contribution in [2.45, 2.75) is 19.7 Å². The van der Waals surface area contributed by atoms with E-state index in [1.807, 2.05) is 12.3 Å². The fourth-order valence-electron chi connectivity index (χ4n) is 2.47. The number of thiazole rings is 1. The molecule has 0 atom stereocenters. The van der Waals surface area contributed by atoms with Crippen LogP contribution in [-0.2, 0) is 5.88 Å². The Balaban J connectivity index is 2.25. The van der Waals surface area contributed by atoms with Crippen molar-refractivity contribution < 1.29 is 4.74 Å². The van der Waals surface area contributed by atoms with E-state index in [-0.39, 0.29) is 0 Å². The van der Waals surface area contributed by atoms with Crippen LogP contribution in [0.2, 0.25) is 0 Å². The standard InChI is InChI=1S/C15H15ClN2OS/c1-9-6-11(4-5-13(9)19-3)14-10(2)20-15-17-8-12(7-16)18(14)15/h4-6,8H,7H2,1-3H3. The minimum Gasteiger partial charge on any atom is -0.496 e. The van der Waals surface area contributed by atoms with E-state index in [0.717, 1.165) is 27.5 Å². The van der Waals surface area contributed by atoms with Crippen molar-refractivity contribution >= 4 is 27.9 Å². The highest BCUT2D eigenvalue weighted by Gasteiger charge is 2.15. The SMILES string of the molecule is COc1ccc(-c2c(C)sc3ncc(CCl)n23)cc1C. The maximum Gasteiger partial charge on any atom is 0.194 e. The lowest BCUT2D eigenvalue weighted by atomic mass is 10.1. The average molecular weight is 307 g/mol. The molecule has 0 N–H and O–H groups in total. The van der Waals surface area contributed by atoms with Crippen LogP contribution in [0.25, 0.3) is 16.2 Å². The molecule has 0 unspecified atom stereocenters. The highest BCUT2D eigenvalue weighted by atomic mass is 35.5. The first kappa shape index (κ1) is 13.5. The summed E-state index contributed by atoms with van der Waals surface area (Å²) in [5.41, 5.74) is 4.48. The van der Waals surface area contributed by atoms with E-state index in [2.05, 4.69) is 35.4 Å². The summed E-state index contributed by atoms with van der Waals surface area (Å²) in [7, 11) is 1.69. The van der Waals surface area contributed by atoms with Crippen LogP contribution in [0, 0.1) is 13.8 Å². The molecule has 0 aliphatic heterocycles. The van der Waals surface area contributed by atoms with Gasteiger partial charge in [-0.15, -0.1) is 22.9 Å². The van der Waals surface area contributed by atoms with Crippen molar-refractivity contribution in [3.63, 3.8) is 0 Å². The molecule has 0 fully saturated rings. The average Bonchev–Trinajstić information content (AvgIpc) is 2.96. The van der Waals surface area contributed by atoms with Crippen molar-refractivity contribution in [3.8, 4) is 17.0 Å². The van der Waals surface area contributed by atoms with Crippen LogP contribution >= 0.6 is 22.9 Å². The van der Waals surface area contributed by atoms with Crippen LogP contribution < -0.4 is 4.74 Å². The number of halogens is 1. The minimum absolute atomic E-state index is 0.458. The lowest BCUT2D eigenvalue weighted by Crippen LogP contribution is -1.94. The molecular weight excluding hydrogens is 292 g/mol. The molecule has 0 amide bonds. The van der Waals surface area contributed by atoms with E-state index < -0.39 is 0 Å². The second-order valence-electron chi connectivity index (χ2n) is 4.69. The van der Waals surface area contributed by atoms with E-state index >= 15 is 0 Å². The Labute approximate surface area is 126 Å². The van der Waals surface area contributed by atoms with Gasteiger partial charge in [-0.25, -0.2) is 4.98 Å². The van der Waals surface area contributed by atoms with Gasteiger partial charge < -0.3 is 4.74 Å². The summed E-state index contributed by atoms with van der Waals surface area (Å²) < 4.78 is 7.47. The van der Waals surface area contributed by atoms with Crippen molar-refractivity contribution in [1.82, 2.24) is 9.38 Å². The number of hydrogen-bond acceptors (Lipinski definition) is 3. The highest BCUT2D eigenvalue weighted by molar-refractivity contribution is 7.17. The van der Waals surface area contributed by atoms with Gasteiger partial charge in [-0.1, -0.05) is 0 Å². The van der Waals surface area contributed by atoms with Gasteiger partial charge in [0.15, 0.2) is 4.96 Å². The molecule has 1 aromatic carbocycles. The molecule has 0 radical (unpaired) electrons. The molecule has 5 heteroatoms. The zero-order valence-corrected chi connectivity index (χ0v) is 13.2. The molecule has 0 aliphatic rings. The third kappa shape index (κ3) is 2.00. The van der Waals surface area contributed by atoms with Gasteiger partial charge in [-0.3, -0.25) is 4.40 Å². The Kier molecular flexibility index (Phi) is 3.44. The fraction of sp³-hybridized carbons (Fsp3) is 0.267. The monoisotopic (exact) mass is 306 g/mol. The zero-order valence-electron chi connectivity index (χ0n) is 11.6. The predicted molar refractivity (Wildman–Crippen MR) is 84.1 cm³/mol. The normalized spacial score (nSPS) is 11.2. The number of aryl methyl sites for hydroxylation is 2. The molecule has 3 nitrogen and oxygen atoms in total. The van der Waals surface area contributed by atoms with Crippen LogP contribution in [0.3, 0.4) is 0 Å². The molecule has 104 valence electrons. The largest absolute Gasteiger partial charge is 0.496 e. The van der Waals surface area contributed by atoms with Gasteiger partial charge in [-0.05, 0) is 37.6 Å². The van der Waals surface area contributed by atoms with Crippen molar-refractivity contribution in [3.05, 3.63) is 40.5 Å². The Morgan fingerprint density at radius 1 is 1.35 bits per heavy atom. The lowest BCUT2D eigenvalue weighted by Gasteiger charge is -2.09. The number of methoxy groups -OCH3 is 1. The number of benzene rings is 1. The third-order valence-electron chi connectivity index (χ3n) is 3.41. The number of hydrogen-bond donors (Lipinski definition) is 0. The number of fused-ring (bicyclic) bond motifs is 1. The van der Waals surface area contributed by atoms with Gasteiger partial charge in [0, 0.05) is 10.4 Å². The zero-order chi connectivity index (χ0) is 14.3. The maximum absolute atomic E-state index is 6.02. The second-order valence-corrected chi connectivity index (χ2v) is 6.14. The first-order valence-corrected chi connectivity index (χ1v) is 7.67. The quantitative estimate of drug-likeness (QED) is 0.669. The van der Waals surface area contributed by atoms with Crippen LogP contribution in [0.5, 0.6) is 5.75 Å².